The van der Waals surface area contributed by atoms with Crippen LogP contribution in [0.25, 0.3) is 33.0 Å². The maximum atomic E-state index is 13.5. The third-order valence-electron chi connectivity index (χ3n) is 11.7. The van der Waals surface area contributed by atoms with Crippen molar-refractivity contribution in [2.24, 2.45) is 0 Å². The molecule has 0 saturated carbocycles. The standard InChI is InChI=1S/C26H29ClN2O.C25H27FN2O/c1-2-3-4-5-13-29-14-11-19(12-15-29)24-18-28-25-10-9-21(17-23(24)25)26(30)20-7-6-8-22(27)16-20;1-2-3-4-12-28-13-10-18(11-14-28)23-17-27-24-9-8-20(16-22(23)24)25(29)19-6-5-7-21(26)15-19/h6-11,16-18,28H,2-5,12-15H2,1H3;5-10,15-17,27H,2-4,11-14H2,1H3. The highest BCUT2D eigenvalue weighted by molar-refractivity contribution is 6.31. The van der Waals surface area contributed by atoms with E-state index in [1.807, 2.05) is 48.7 Å². The molecule has 6 aromatic rings. The van der Waals surface area contributed by atoms with E-state index in [-0.39, 0.29) is 11.6 Å². The van der Waals surface area contributed by atoms with E-state index in [4.69, 9.17) is 11.6 Å². The second-order valence-corrected chi connectivity index (χ2v) is 16.4. The normalized spacial score (nSPS) is 14.8. The number of hydrogen-bond acceptors (Lipinski definition) is 4. The molecule has 0 amide bonds. The molecule has 0 bridgehead atoms. The molecule has 2 aromatic heterocycles. The number of nitrogens with one attached hydrogen (secondary N) is 2. The predicted molar refractivity (Wildman–Crippen MR) is 243 cm³/mol. The Balaban J connectivity index is 0.000000179. The van der Waals surface area contributed by atoms with E-state index in [0.29, 0.717) is 27.3 Å². The summed E-state index contributed by atoms with van der Waals surface area (Å²) in [4.78, 5) is 37.5. The summed E-state index contributed by atoms with van der Waals surface area (Å²) >= 11 is 6.07. The van der Waals surface area contributed by atoms with Crippen LogP contribution in [0.5, 0.6) is 0 Å². The Morgan fingerprint density at radius 1 is 0.610 bits per heavy atom. The van der Waals surface area contributed by atoms with Crippen molar-refractivity contribution < 1.29 is 14.0 Å². The lowest BCUT2D eigenvalue weighted by Crippen LogP contribution is -2.29. The van der Waals surface area contributed by atoms with Gasteiger partial charge in [-0.25, -0.2) is 4.39 Å². The van der Waals surface area contributed by atoms with Crippen molar-refractivity contribution in [3.8, 4) is 0 Å². The lowest BCUT2D eigenvalue weighted by Gasteiger charge is -2.26. The number of rotatable bonds is 15. The third kappa shape index (κ3) is 10.6. The molecule has 0 aliphatic carbocycles. The molecule has 8 heteroatoms. The highest BCUT2D eigenvalue weighted by Gasteiger charge is 2.19. The first-order valence-corrected chi connectivity index (χ1v) is 21.9. The molecule has 4 aromatic carbocycles. The van der Waals surface area contributed by atoms with E-state index in [0.717, 1.165) is 67.4 Å². The minimum absolute atomic E-state index is 0.00225. The van der Waals surface area contributed by atoms with Crippen LogP contribution >= 0.6 is 11.6 Å². The van der Waals surface area contributed by atoms with Crippen molar-refractivity contribution in [3.05, 3.63) is 154 Å². The predicted octanol–water partition coefficient (Wildman–Crippen LogP) is 12.5. The van der Waals surface area contributed by atoms with Gasteiger partial charge in [0.1, 0.15) is 5.82 Å². The Morgan fingerprint density at radius 3 is 1.59 bits per heavy atom. The number of hydrogen-bond donors (Lipinski definition) is 2. The largest absolute Gasteiger partial charge is 0.361 e. The minimum Gasteiger partial charge on any atom is -0.361 e. The second kappa shape index (κ2) is 20.3. The van der Waals surface area contributed by atoms with Crippen LogP contribution in [0.15, 0.2) is 109 Å². The zero-order valence-electron chi connectivity index (χ0n) is 34.5. The van der Waals surface area contributed by atoms with Crippen LogP contribution in [0.3, 0.4) is 0 Å². The van der Waals surface area contributed by atoms with E-state index < -0.39 is 5.82 Å². The molecule has 0 radical (unpaired) electrons. The van der Waals surface area contributed by atoms with Gasteiger partial charge in [-0.1, -0.05) is 94.0 Å². The van der Waals surface area contributed by atoms with E-state index >= 15 is 0 Å². The van der Waals surface area contributed by atoms with Gasteiger partial charge in [-0.3, -0.25) is 19.4 Å². The number of H-pyrrole nitrogens is 2. The van der Waals surface area contributed by atoms with Crippen molar-refractivity contribution in [2.45, 2.75) is 71.6 Å². The van der Waals surface area contributed by atoms with Crippen LogP contribution in [-0.2, 0) is 0 Å². The van der Waals surface area contributed by atoms with E-state index in [9.17, 15) is 14.0 Å². The van der Waals surface area contributed by atoms with E-state index in [1.165, 1.54) is 85.9 Å². The van der Waals surface area contributed by atoms with Gasteiger partial charge < -0.3 is 9.97 Å². The molecule has 59 heavy (non-hydrogen) atoms. The fraction of sp³-hybridized carbons (Fsp3) is 0.333. The highest BCUT2D eigenvalue weighted by Crippen LogP contribution is 2.32. The summed E-state index contributed by atoms with van der Waals surface area (Å²) in [7, 11) is 0. The number of ketones is 2. The van der Waals surface area contributed by atoms with Gasteiger partial charge in [-0.2, -0.15) is 0 Å². The molecule has 2 aliphatic rings. The van der Waals surface area contributed by atoms with E-state index in [2.05, 4.69) is 52.0 Å². The average Bonchev–Trinajstić information content (AvgIpc) is 3.90. The lowest BCUT2D eigenvalue weighted by atomic mass is 9.96. The molecule has 6 nitrogen and oxygen atoms in total. The number of aromatic nitrogens is 2. The molecule has 0 atom stereocenters. The Kier molecular flexibility index (Phi) is 14.4. The van der Waals surface area contributed by atoms with Gasteiger partial charge in [0.05, 0.1) is 0 Å². The first-order chi connectivity index (χ1) is 28.8. The van der Waals surface area contributed by atoms with Gasteiger partial charge in [0.2, 0.25) is 0 Å². The SMILES string of the molecule is CCCCCCN1CC=C(c2c[nH]c3ccc(C(=O)c4cccc(Cl)c4)cc23)CC1.CCCCCN1CC=C(c2c[nH]c3ccc(C(=O)c4cccc(F)c4)cc23)CC1. The van der Waals surface area contributed by atoms with Crippen LogP contribution in [0, 0.1) is 5.82 Å². The number of aromatic amines is 2. The Hall–Kier alpha value is -5.08. The molecular weight excluding hydrogens is 755 g/mol. The number of carbonyl (C=O) groups excluding carboxylic acids is 2. The number of benzene rings is 4. The van der Waals surface area contributed by atoms with Crippen LogP contribution in [0.1, 0.15) is 115 Å². The maximum Gasteiger partial charge on any atom is 0.193 e. The van der Waals surface area contributed by atoms with Crippen molar-refractivity contribution in [1.82, 2.24) is 19.8 Å². The van der Waals surface area contributed by atoms with Gasteiger partial charge in [-0.05, 0) is 111 Å². The average molecular weight is 811 g/mol. The molecule has 0 spiro atoms. The smallest absolute Gasteiger partial charge is 0.193 e. The van der Waals surface area contributed by atoms with Crippen molar-refractivity contribution in [1.29, 1.82) is 0 Å². The summed E-state index contributed by atoms with van der Waals surface area (Å²) < 4.78 is 13.5. The molecule has 0 saturated heterocycles. The molecule has 0 unspecified atom stereocenters. The number of unbranched alkanes of at least 4 members (excludes halogenated alkanes) is 5. The topological polar surface area (TPSA) is 72.2 Å². The zero-order valence-corrected chi connectivity index (χ0v) is 35.2. The Morgan fingerprint density at radius 2 is 1.10 bits per heavy atom. The van der Waals surface area contributed by atoms with Gasteiger partial charge >= 0.3 is 0 Å². The monoisotopic (exact) mass is 810 g/mol. The summed E-state index contributed by atoms with van der Waals surface area (Å²) in [5, 5.41) is 2.75. The van der Waals surface area contributed by atoms with Crippen molar-refractivity contribution in [3.63, 3.8) is 0 Å². The quantitative estimate of drug-likeness (QED) is 0.0800. The molecule has 4 heterocycles. The summed E-state index contributed by atoms with van der Waals surface area (Å²) in [6, 6.07) is 24.6. The maximum absolute atomic E-state index is 13.5. The molecule has 0 fully saturated rings. The molecular formula is C51H56ClFN4O2. The van der Waals surface area contributed by atoms with Crippen LogP contribution in [-0.4, -0.2) is 70.6 Å². The molecule has 2 aliphatic heterocycles. The van der Waals surface area contributed by atoms with Gasteiger partial charge in [0, 0.05) is 98.8 Å². The Bertz CT molecular complexity index is 2460. The molecule has 306 valence electrons. The first-order valence-electron chi connectivity index (χ1n) is 21.5. The number of halogens is 2. The summed E-state index contributed by atoms with van der Waals surface area (Å²) in [5.41, 5.74) is 9.45. The number of nitrogens with zero attached hydrogens (tertiary/aromatic N) is 2. The van der Waals surface area contributed by atoms with Crippen LogP contribution < -0.4 is 0 Å². The highest BCUT2D eigenvalue weighted by atomic mass is 35.5. The number of fused-ring (bicyclic) bond motifs is 2. The van der Waals surface area contributed by atoms with E-state index in [1.54, 1.807) is 30.3 Å². The van der Waals surface area contributed by atoms with Crippen molar-refractivity contribution >= 4 is 56.1 Å². The fourth-order valence-electron chi connectivity index (χ4n) is 8.31. The molecule has 2 N–H and O–H groups in total. The Labute approximate surface area is 353 Å². The number of carbonyl (C=O) groups is 2. The second-order valence-electron chi connectivity index (χ2n) is 15.9. The van der Waals surface area contributed by atoms with Gasteiger partial charge in [0.25, 0.3) is 0 Å². The van der Waals surface area contributed by atoms with Gasteiger partial charge in [0.15, 0.2) is 11.6 Å². The van der Waals surface area contributed by atoms with Gasteiger partial charge in [-0.15, -0.1) is 0 Å². The van der Waals surface area contributed by atoms with Crippen molar-refractivity contribution in [2.75, 3.05) is 39.3 Å². The molecule has 8 rings (SSSR count). The summed E-state index contributed by atoms with van der Waals surface area (Å²) in [5.74, 6) is -0.546. The lowest BCUT2D eigenvalue weighted by molar-refractivity contribution is 0.103. The first kappa shape index (κ1) is 42.1. The van der Waals surface area contributed by atoms with Crippen LogP contribution in [0.2, 0.25) is 5.02 Å². The third-order valence-corrected chi connectivity index (χ3v) is 12.0. The minimum atomic E-state index is -0.393. The fourth-order valence-corrected chi connectivity index (χ4v) is 8.50. The summed E-state index contributed by atoms with van der Waals surface area (Å²) in [6.07, 6.45) is 19.9. The summed E-state index contributed by atoms with van der Waals surface area (Å²) in [6.45, 7) is 11.0. The van der Waals surface area contributed by atoms with Crippen LogP contribution in [0.4, 0.5) is 4.39 Å². The zero-order chi connectivity index (χ0) is 41.1.